The second-order valence-electron chi connectivity index (χ2n) is 6.81. The van der Waals surface area contributed by atoms with Crippen LogP contribution in [0.3, 0.4) is 0 Å². The van der Waals surface area contributed by atoms with Crippen molar-refractivity contribution >= 4 is 23.0 Å². The van der Waals surface area contributed by atoms with Gasteiger partial charge in [0.2, 0.25) is 0 Å². The number of hydrogen-bond acceptors (Lipinski definition) is 2. The summed E-state index contributed by atoms with van der Waals surface area (Å²) in [5.41, 5.74) is 6.74. The highest BCUT2D eigenvalue weighted by Crippen LogP contribution is 2.30. The summed E-state index contributed by atoms with van der Waals surface area (Å²) < 4.78 is 0. The van der Waals surface area contributed by atoms with Crippen LogP contribution in [0.15, 0.2) is 79.1 Å². The Kier molecular flexibility index (Phi) is 5.45. The van der Waals surface area contributed by atoms with Crippen LogP contribution in [0.25, 0.3) is 11.4 Å². The Balaban J connectivity index is 1.59. The second-order valence-corrected chi connectivity index (χ2v) is 7.19. The number of aromatic amines is 1. The Morgan fingerprint density at radius 1 is 0.857 bits per heavy atom. The first-order valence-electron chi connectivity index (χ1n) is 9.40. The number of halogens is 1. The van der Waals surface area contributed by atoms with E-state index in [4.69, 9.17) is 11.6 Å². The summed E-state index contributed by atoms with van der Waals surface area (Å²) in [6.07, 6.45) is 5.42. The molecule has 140 valence electrons. The fraction of sp³-hybridized carbons (Fsp3) is 0.125. The Labute approximate surface area is 170 Å². The van der Waals surface area contributed by atoms with Gasteiger partial charge in [-0.1, -0.05) is 60.1 Å². The first-order valence-corrected chi connectivity index (χ1v) is 9.78. The van der Waals surface area contributed by atoms with Gasteiger partial charge in [0.1, 0.15) is 5.82 Å². The zero-order chi connectivity index (χ0) is 19.3. The van der Waals surface area contributed by atoms with Gasteiger partial charge in [-0.15, -0.1) is 0 Å². The maximum absolute atomic E-state index is 6.48. The SMILES string of the molecule is Cc1cccc(CCc2ccccc2Nc2ccccc2-c2ncc[nH]2)c1Cl. The lowest BCUT2D eigenvalue weighted by Gasteiger charge is -2.15. The molecule has 0 aliphatic carbocycles. The number of hydrogen-bond donors (Lipinski definition) is 2. The molecule has 0 aliphatic rings. The molecule has 0 unspecified atom stereocenters. The molecule has 1 aromatic heterocycles. The van der Waals surface area contributed by atoms with Crippen molar-refractivity contribution in [3.05, 3.63) is 101 Å². The summed E-state index contributed by atoms with van der Waals surface area (Å²) in [5, 5.41) is 4.47. The van der Waals surface area contributed by atoms with Gasteiger partial charge in [-0.25, -0.2) is 4.98 Å². The normalized spacial score (nSPS) is 10.8. The number of aromatic nitrogens is 2. The average Bonchev–Trinajstić information content (AvgIpc) is 3.25. The molecule has 4 rings (SSSR count). The Bertz CT molecular complexity index is 1070. The minimum Gasteiger partial charge on any atom is -0.355 e. The number of nitrogens with one attached hydrogen (secondary N) is 2. The average molecular weight is 388 g/mol. The van der Waals surface area contributed by atoms with Crippen LogP contribution in [-0.4, -0.2) is 9.97 Å². The van der Waals surface area contributed by atoms with Crippen molar-refractivity contribution in [1.82, 2.24) is 9.97 Å². The fourth-order valence-electron chi connectivity index (χ4n) is 3.39. The maximum atomic E-state index is 6.48. The van der Waals surface area contributed by atoms with E-state index in [1.165, 1.54) is 11.1 Å². The second kappa shape index (κ2) is 8.32. The van der Waals surface area contributed by atoms with Crippen molar-refractivity contribution in [3.8, 4) is 11.4 Å². The molecule has 0 aliphatic heterocycles. The number of rotatable bonds is 6. The van der Waals surface area contributed by atoms with E-state index in [0.29, 0.717) is 0 Å². The third-order valence-electron chi connectivity index (χ3n) is 4.90. The van der Waals surface area contributed by atoms with E-state index >= 15 is 0 Å². The van der Waals surface area contributed by atoms with Gasteiger partial charge in [-0.05, 0) is 54.7 Å². The number of anilines is 2. The topological polar surface area (TPSA) is 40.7 Å². The molecular weight excluding hydrogens is 366 g/mol. The van der Waals surface area contributed by atoms with Crippen LogP contribution in [0.4, 0.5) is 11.4 Å². The maximum Gasteiger partial charge on any atom is 0.139 e. The Morgan fingerprint density at radius 3 is 2.39 bits per heavy atom. The predicted octanol–water partition coefficient (Wildman–Crippen LogP) is 6.57. The van der Waals surface area contributed by atoms with Crippen LogP contribution < -0.4 is 5.32 Å². The Hall–Kier alpha value is -3.04. The summed E-state index contributed by atoms with van der Waals surface area (Å²) in [6, 6.07) is 22.8. The number of nitrogens with zero attached hydrogens (tertiary/aromatic N) is 1. The number of para-hydroxylation sites is 2. The van der Waals surface area contributed by atoms with Crippen molar-refractivity contribution < 1.29 is 0 Å². The van der Waals surface area contributed by atoms with Gasteiger partial charge in [-0.3, -0.25) is 0 Å². The first kappa shape index (κ1) is 18.3. The highest BCUT2D eigenvalue weighted by atomic mass is 35.5. The van der Waals surface area contributed by atoms with Crippen molar-refractivity contribution in [2.75, 3.05) is 5.32 Å². The molecule has 1 heterocycles. The molecule has 0 saturated carbocycles. The van der Waals surface area contributed by atoms with E-state index in [0.717, 1.165) is 46.2 Å². The van der Waals surface area contributed by atoms with Crippen LogP contribution in [0, 0.1) is 6.92 Å². The minimum atomic E-state index is 0.854. The van der Waals surface area contributed by atoms with Crippen molar-refractivity contribution in [3.63, 3.8) is 0 Å². The zero-order valence-corrected chi connectivity index (χ0v) is 16.5. The van der Waals surface area contributed by atoms with Gasteiger partial charge in [0.15, 0.2) is 0 Å². The molecule has 0 saturated heterocycles. The summed E-state index contributed by atoms with van der Waals surface area (Å²) in [6.45, 7) is 2.05. The van der Waals surface area contributed by atoms with Crippen molar-refractivity contribution in [2.45, 2.75) is 19.8 Å². The molecule has 0 radical (unpaired) electrons. The number of H-pyrrole nitrogens is 1. The molecule has 3 nitrogen and oxygen atoms in total. The summed E-state index contributed by atoms with van der Waals surface area (Å²) in [5.74, 6) is 0.854. The van der Waals surface area contributed by atoms with Crippen molar-refractivity contribution in [1.29, 1.82) is 0 Å². The third kappa shape index (κ3) is 3.95. The van der Waals surface area contributed by atoms with Crippen LogP contribution in [0.1, 0.15) is 16.7 Å². The molecular formula is C24H22ClN3. The zero-order valence-electron chi connectivity index (χ0n) is 15.7. The monoisotopic (exact) mass is 387 g/mol. The largest absolute Gasteiger partial charge is 0.355 e. The lowest BCUT2D eigenvalue weighted by atomic mass is 10.0. The van der Waals surface area contributed by atoms with E-state index in [2.05, 4.69) is 63.8 Å². The number of imidazole rings is 1. The Morgan fingerprint density at radius 2 is 1.57 bits per heavy atom. The molecule has 4 heteroatoms. The molecule has 0 fully saturated rings. The van der Waals surface area contributed by atoms with Gasteiger partial charge in [0, 0.05) is 34.4 Å². The number of aryl methyl sites for hydroxylation is 3. The van der Waals surface area contributed by atoms with Crippen LogP contribution in [0.2, 0.25) is 5.02 Å². The number of benzene rings is 3. The molecule has 4 aromatic rings. The van der Waals surface area contributed by atoms with Crippen molar-refractivity contribution in [2.24, 2.45) is 0 Å². The standard InChI is InChI=1S/C24H22ClN3/c1-17-7-6-9-19(23(17)25)14-13-18-8-2-4-11-21(18)28-22-12-5-3-10-20(22)24-26-15-16-27-24/h2-12,15-16,28H,13-14H2,1H3,(H,26,27). The van der Waals surface area contributed by atoms with Gasteiger partial charge in [0.25, 0.3) is 0 Å². The van der Waals surface area contributed by atoms with Gasteiger partial charge in [0.05, 0.1) is 0 Å². The smallest absolute Gasteiger partial charge is 0.139 e. The molecule has 0 spiro atoms. The van der Waals surface area contributed by atoms with E-state index in [1.807, 2.05) is 31.3 Å². The fourth-order valence-corrected chi connectivity index (χ4v) is 3.61. The van der Waals surface area contributed by atoms with E-state index in [-0.39, 0.29) is 0 Å². The molecule has 28 heavy (non-hydrogen) atoms. The highest BCUT2D eigenvalue weighted by Gasteiger charge is 2.10. The minimum absolute atomic E-state index is 0.854. The lowest BCUT2D eigenvalue weighted by Crippen LogP contribution is -2.00. The van der Waals surface area contributed by atoms with Gasteiger partial charge < -0.3 is 10.3 Å². The van der Waals surface area contributed by atoms with Gasteiger partial charge in [-0.2, -0.15) is 0 Å². The van der Waals surface area contributed by atoms with Gasteiger partial charge >= 0.3 is 0 Å². The molecule has 0 bridgehead atoms. The van der Waals surface area contributed by atoms with Crippen LogP contribution >= 0.6 is 11.6 Å². The van der Waals surface area contributed by atoms with E-state index in [1.54, 1.807) is 6.20 Å². The lowest BCUT2D eigenvalue weighted by molar-refractivity contribution is 0.960. The quantitative estimate of drug-likeness (QED) is 0.393. The van der Waals surface area contributed by atoms with Crippen LogP contribution in [0.5, 0.6) is 0 Å². The third-order valence-corrected chi connectivity index (χ3v) is 5.44. The summed E-state index contributed by atoms with van der Waals surface area (Å²) >= 11 is 6.48. The summed E-state index contributed by atoms with van der Waals surface area (Å²) in [7, 11) is 0. The molecule has 2 N–H and O–H groups in total. The summed E-state index contributed by atoms with van der Waals surface area (Å²) in [4.78, 5) is 7.58. The van der Waals surface area contributed by atoms with E-state index < -0.39 is 0 Å². The molecule has 0 atom stereocenters. The van der Waals surface area contributed by atoms with Crippen LogP contribution in [-0.2, 0) is 12.8 Å². The predicted molar refractivity (Wildman–Crippen MR) is 117 cm³/mol. The highest BCUT2D eigenvalue weighted by molar-refractivity contribution is 6.32. The molecule has 3 aromatic carbocycles. The molecule has 0 amide bonds. The first-order chi connectivity index (χ1) is 13.7. The van der Waals surface area contributed by atoms with E-state index in [9.17, 15) is 0 Å².